The molecule has 0 aliphatic carbocycles. The third-order valence-corrected chi connectivity index (χ3v) is 4.45. The van der Waals surface area contributed by atoms with E-state index in [4.69, 9.17) is 0 Å². The highest BCUT2D eigenvalue weighted by molar-refractivity contribution is 7.98. The number of hydrogen-bond donors (Lipinski definition) is 1. The van der Waals surface area contributed by atoms with Crippen molar-refractivity contribution in [2.24, 2.45) is 5.92 Å². The lowest BCUT2D eigenvalue weighted by Gasteiger charge is -2.13. The van der Waals surface area contributed by atoms with Crippen LogP contribution in [0.15, 0.2) is 18.2 Å². The van der Waals surface area contributed by atoms with Crippen LogP contribution in [-0.2, 0) is 13.0 Å². The Labute approximate surface area is 115 Å². The molecule has 1 unspecified atom stereocenters. The van der Waals surface area contributed by atoms with Crippen molar-refractivity contribution in [3.8, 4) is 0 Å². The van der Waals surface area contributed by atoms with Gasteiger partial charge in [-0.15, -0.1) is 0 Å². The fourth-order valence-electron chi connectivity index (χ4n) is 2.54. The van der Waals surface area contributed by atoms with Gasteiger partial charge in [-0.05, 0) is 48.1 Å². The Kier molecular flexibility index (Phi) is 4.95. The fraction of sp³-hybridized carbons (Fsp3) is 0.600. The lowest BCUT2D eigenvalue weighted by Crippen LogP contribution is -2.22. The SMILES string of the molecule is CSCC(C)CNCc1ccc2c(c1)CCN2C. The lowest BCUT2D eigenvalue weighted by atomic mass is 10.1. The number of rotatable bonds is 6. The number of anilines is 1. The largest absolute Gasteiger partial charge is 0.374 e. The van der Waals surface area contributed by atoms with Gasteiger partial charge in [0.1, 0.15) is 0 Å². The molecule has 1 aromatic carbocycles. The molecule has 3 heteroatoms. The predicted octanol–water partition coefficient (Wildman–Crippen LogP) is 2.77. The minimum absolute atomic E-state index is 0.751. The number of benzene rings is 1. The second-order valence-electron chi connectivity index (χ2n) is 5.33. The predicted molar refractivity (Wildman–Crippen MR) is 82.7 cm³/mol. The second kappa shape index (κ2) is 6.48. The van der Waals surface area contributed by atoms with Crippen molar-refractivity contribution in [1.82, 2.24) is 5.32 Å². The van der Waals surface area contributed by atoms with Gasteiger partial charge < -0.3 is 10.2 Å². The van der Waals surface area contributed by atoms with Gasteiger partial charge in [-0.3, -0.25) is 0 Å². The molecule has 1 aliphatic heterocycles. The molecule has 0 saturated carbocycles. The van der Waals surface area contributed by atoms with E-state index in [1.54, 1.807) is 0 Å². The zero-order valence-corrected chi connectivity index (χ0v) is 12.5. The highest BCUT2D eigenvalue weighted by Gasteiger charge is 2.15. The van der Waals surface area contributed by atoms with Crippen LogP contribution < -0.4 is 10.2 Å². The average Bonchev–Trinajstić information content (AvgIpc) is 2.71. The molecular formula is C15H24N2S. The molecule has 0 fully saturated rings. The van der Waals surface area contributed by atoms with Gasteiger partial charge in [0.25, 0.3) is 0 Å². The zero-order chi connectivity index (χ0) is 13.0. The first kappa shape index (κ1) is 13.8. The van der Waals surface area contributed by atoms with E-state index in [0.29, 0.717) is 0 Å². The number of nitrogens with one attached hydrogen (secondary N) is 1. The fourth-order valence-corrected chi connectivity index (χ4v) is 3.22. The lowest BCUT2D eigenvalue weighted by molar-refractivity contribution is 0.559. The van der Waals surface area contributed by atoms with Crippen LogP contribution in [0.4, 0.5) is 5.69 Å². The van der Waals surface area contributed by atoms with E-state index < -0.39 is 0 Å². The Morgan fingerprint density at radius 1 is 1.44 bits per heavy atom. The van der Waals surface area contributed by atoms with Crippen molar-refractivity contribution in [3.63, 3.8) is 0 Å². The summed E-state index contributed by atoms with van der Waals surface area (Å²) in [5, 5.41) is 3.56. The number of nitrogens with zero attached hydrogens (tertiary/aromatic N) is 1. The van der Waals surface area contributed by atoms with Crippen LogP contribution in [0.5, 0.6) is 0 Å². The van der Waals surface area contributed by atoms with E-state index >= 15 is 0 Å². The van der Waals surface area contributed by atoms with Crippen molar-refractivity contribution in [1.29, 1.82) is 0 Å². The van der Waals surface area contributed by atoms with Crippen molar-refractivity contribution in [2.45, 2.75) is 19.9 Å². The molecule has 1 aromatic rings. The quantitative estimate of drug-likeness (QED) is 0.850. The summed E-state index contributed by atoms with van der Waals surface area (Å²) in [7, 11) is 2.17. The van der Waals surface area contributed by atoms with E-state index in [1.807, 2.05) is 11.8 Å². The molecule has 0 aromatic heterocycles. The summed E-state index contributed by atoms with van der Waals surface area (Å²) in [6.45, 7) is 5.58. The molecule has 0 radical (unpaired) electrons. The normalized spacial score (nSPS) is 15.8. The van der Waals surface area contributed by atoms with Crippen LogP contribution in [0.1, 0.15) is 18.1 Å². The van der Waals surface area contributed by atoms with Gasteiger partial charge in [0, 0.05) is 25.8 Å². The highest BCUT2D eigenvalue weighted by Crippen LogP contribution is 2.27. The number of fused-ring (bicyclic) bond motifs is 1. The van der Waals surface area contributed by atoms with Gasteiger partial charge in [0.2, 0.25) is 0 Å². The van der Waals surface area contributed by atoms with E-state index in [9.17, 15) is 0 Å². The van der Waals surface area contributed by atoms with Crippen molar-refractivity contribution < 1.29 is 0 Å². The summed E-state index contributed by atoms with van der Waals surface area (Å²) in [5.74, 6) is 1.99. The summed E-state index contributed by atoms with van der Waals surface area (Å²) < 4.78 is 0. The van der Waals surface area contributed by atoms with Crippen LogP contribution in [0.25, 0.3) is 0 Å². The maximum absolute atomic E-state index is 3.56. The molecule has 1 atom stereocenters. The number of hydrogen-bond acceptors (Lipinski definition) is 3. The molecule has 1 N–H and O–H groups in total. The first-order chi connectivity index (χ1) is 8.70. The Morgan fingerprint density at radius 3 is 3.06 bits per heavy atom. The molecule has 2 nitrogen and oxygen atoms in total. The summed E-state index contributed by atoms with van der Waals surface area (Å²) in [4.78, 5) is 2.34. The second-order valence-corrected chi connectivity index (χ2v) is 6.24. The third kappa shape index (κ3) is 3.42. The van der Waals surface area contributed by atoms with Gasteiger partial charge in [-0.1, -0.05) is 19.1 Å². The maximum Gasteiger partial charge on any atom is 0.0397 e. The molecular weight excluding hydrogens is 240 g/mol. The van der Waals surface area contributed by atoms with Crippen LogP contribution in [-0.4, -0.2) is 32.1 Å². The summed E-state index contributed by atoms with van der Waals surface area (Å²) in [6, 6.07) is 6.89. The molecule has 1 aliphatic rings. The van der Waals surface area contributed by atoms with Crippen molar-refractivity contribution >= 4 is 17.4 Å². The van der Waals surface area contributed by atoms with E-state index in [0.717, 1.165) is 25.6 Å². The minimum atomic E-state index is 0.751. The van der Waals surface area contributed by atoms with Crippen molar-refractivity contribution in [2.75, 3.05) is 37.0 Å². The number of likely N-dealkylation sites (N-methyl/N-ethyl adjacent to an activating group) is 1. The Balaban J connectivity index is 1.84. The topological polar surface area (TPSA) is 15.3 Å². The number of thioether (sulfide) groups is 1. The standard InChI is InChI=1S/C15H24N2S/c1-12(11-18-3)9-16-10-13-4-5-15-14(8-13)6-7-17(15)2/h4-5,8,12,16H,6-7,9-11H2,1-3H3. The van der Waals surface area contributed by atoms with Gasteiger partial charge >= 0.3 is 0 Å². The minimum Gasteiger partial charge on any atom is -0.374 e. The van der Waals surface area contributed by atoms with E-state index in [2.05, 4.69) is 48.6 Å². The van der Waals surface area contributed by atoms with Gasteiger partial charge in [-0.25, -0.2) is 0 Å². The van der Waals surface area contributed by atoms with Crippen LogP contribution in [0.3, 0.4) is 0 Å². The summed E-state index contributed by atoms with van der Waals surface area (Å²) in [5.41, 5.74) is 4.34. The first-order valence-corrected chi connectivity index (χ1v) is 8.12. The van der Waals surface area contributed by atoms with E-state index in [1.165, 1.54) is 29.0 Å². The maximum atomic E-state index is 3.56. The van der Waals surface area contributed by atoms with Crippen LogP contribution in [0, 0.1) is 5.92 Å². The smallest absolute Gasteiger partial charge is 0.0397 e. The summed E-state index contributed by atoms with van der Waals surface area (Å²) in [6.07, 6.45) is 3.37. The molecule has 2 rings (SSSR count). The first-order valence-electron chi connectivity index (χ1n) is 6.73. The molecule has 0 amide bonds. The summed E-state index contributed by atoms with van der Waals surface area (Å²) >= 11 is 1.93. The molecule has 18 heavy (non-hydrogen) atoms. The monoisotopic (exact) mass is 264 g/mol. The van der Waals surface area contributed by atoms with Gasteiger partial charge in [0.05, 0.1) is 0 Å². The van der Waals surface area contributed by atoms with Crippen molar-refractivity contribution in [3.05, 3.63) is 29.3 Å². The Bertz CT molecular complexity index is 392. The van der Waals surface area contributed by atoms with Crippen LogP contribution >= 0.6 is 11.8 Å². The van der Waals surface area contributed by atoms with Crippen LogP contribution in [0.2, 0.25) is 0 Å². The third-order valence-electron chi connectivity index (χ3n) is 3.54. The molecule has 0 bridgehead atoms. The zero-order valence-electron chi connectivity index (χ0n) is 11.7. The molecule has 1 heterocycles. The molecule has 100 valence electrons. The Morgan fingerprint density at radius 2 is 2.28 bits per heavy atom. The molecule has 0 saturated heterocycles. The van der Waals surface area contributed by atoms with Gasteiger partial charge in [0.15, 0.2) is 0 Å². The van der Waals surface area contributed by atoms with Gasteiger partial charge in [-0.2, -0.15) is 11.8 Å². The molecule has 0 spiro atoms. The highest BCUT2D eigenvalue weighted by atomic mass is 32.2. The average molecular weight is 264 g/mol. The Hall–Kier alpha value is -0.670. The van der Waals surface area contributed by atoms with E-state index in [-0.39, 0.29) is 0 Å².